The minimum Gasteiger partial charge on any atom is -0.481 e. The molecule has 12 nitrogen and oxygen atoms in total. The Labute approximate surface area is 185 Å². The highest BCUT2D eigenvalue weighted by Gasteiger charge is 2.34. The van der Waals surface area contributed by atoms with Gasteiger partial charge in [-0.2, -0.15) is 12.6 Å². The number of thiol groups is 1. The molecule has 0 aliphatic rings. The van der Waals surface area contributed by atoms with Crippen LogP contribution in [-0.4, -0.2) is 81.0 Å². The molecule has 0 rings (SSSR count). The molecule has 0 aromatic carbocycles. The van der Waals surface area contributed by atoms with E-state index in [9.17, 15) is 29.1 Å². The fourth-order valence-electron chi connectivity index (χ4n) is 2.47. The number of aliphatic hydroxyl groups excluding tert-OH is 1. The first-order chi connectivity index (χ1) is 14.3. The van der Waals surface area contributed by atoms with Gasteiger partial charge >= 0.3 is 11.9 Å². The minimum absolute atomic E-state index is 0.130. The molecule has 13 heteroatoms. The number of carboxylic acids is 2. The van der Waals surface area contributed by atoms with Crippen LogP contribution in [0, 0.1) is 5.92 Å². The molecule has 0 saturated carbocycles. The maximum atomic E-state index is 12.8. The predicted octanol–water partition coefficient (Wildman–Crippen LogP) is -1.93. The smallest absolute Gasteiger partial charge is 0.327 e. The molecule has 6 atom stereocenters. The van der Waals surface area contributed by atoms with E-state index in [0.29, 0.717) is 6.42 Å². The van der Waals surface area contributed by atoms with Crippen LogP contribution in [0.3, 0.4) is 0 Å². The third kappa shape index (κ3) is 9.98. The molecule has 6 unspecified atom stereocenters. The Balaban J connectivity index is 5.37. The molecule has 0 bridgehead atoms. The molecule has 3 amide bonds. The number of hydrogen-bond acceptors (Lipinski definition) is 8. The first kappa shape index (κ1) is 28.6. The molecular weight excluding hydrogens is 432 g/mol. The number of hydrogen-bond donors (Lipinski definition) is 8. The van der Waals surface area contributed by atoms with Gasteiger partial charge in [0, 0.05) is 12.2 Å². The Kier molecular flexibility index (Phi) is 12.8. The quantitative estimate of drug-likeness (QED) is 0.134. The van der Waals surface area contributed by atoms with Crippen LogP contribution >= 0.6 is 12.6 Å². The lowest BCUT2D eigenvalue weighted by molar-refractivity contribution is -0.142. The van der Waals surface area contributed by atoms with E-state index >= 15 is 0 Å². The summed E-state index contributed by atoms with van der Waals surface area (Å²) in [5.74, 6) is -5.51. The van der Waals surface area contributed by atoms with Crippen LogP contribution < -0.4 is 21.7 Å². The molecule has 178 valence electrons. The summed E-state index contributed by atoms with van der Waals surface area (Å²) in [5, 5.41) is 34.6. The number of aliphatic carboxylic acids is 2. The summed E-state index contributed by atoms with van der Waals surface area (Å²) in [6.07, 6.45) is -1.36. The zero-order valence-corrected chi connectivity index (χ0v) is 18.6. The first-order valence-corrected chi connectivity index (χ1v) is 10.4. The molecule has 0 fully saturated rings. The van der Waals surface area contributed by atoms with Crippen molar-refractivity contribution in [3.63, 3.8) is 0 Å². The number of carbonyl (C=O) groups excluding carboxylic acids is 3. The highest BCUT2D eigenvalue weighted by atomic mass is 32.1. The predicted molar refractivity (Wildman–Crippen MR) is 113 cm³/mol. The maximum absolute atomic E-state index is 12.8. The summed E-state index contributed by atoms with van der Waals surface area (Å²) in [4.78, 5) is 59.2. The van der Waals surface area contributed by atoms with E-state index in [4.69, 9.17) is 15.9 Å². The number of carbonyl (C=O) groups is 5. The van der Waals surface area contributed by atoms with Crippen LogP contribution in [-0.2, 0) is 24.0 Å². The largest absolute Gasteiger partial charge is 0.481 e. The van der Waals surface area contributed by atoms with Gasteiger partial charge in [0.25, 0.3) is 0 Å². The van der Waals surface area contributed by atoms with Crippen molar-refractivity contribution >= 4 is 42.3 Å². The molecule has 8 N–H and O–H groups in total. The van der Waals surface area contributed by atoms with E-state index in [0.717, 1.165) is 0 Å². The van der Waals surface area contributed by atoms with Gasteiger partial charge in [0.15, 0.2) is 0 Å². The van der Waals surface area contributed by atoms with Crippen LogP contribution in [0.4, 0.5) is 0 Å². The summed E-state index contributed by atoms with van der Waals surface area (Å²) in [6.45, 7) is 4.68. The number of nitrogens with two attached hydrogens (primary N) is 1. The molecule has 0 radical (unpaired) electrons. The number of aliphatic hydroxyl groups is 1. The normalized spacial score (nSPS) is 16.7. The van der Waals surface area contributed by atoms with E-state index in [1.54, 1.807) is 13.8 Å². The third-order valence-electron chi connectivity index (χ3n) is 4.66. The van der Waals surface area contributed by atoms with E-state index in [-0.39, 0.29) is 18.6 Å². The Bertz CT molecular complexity index is 660. The molecule has 0 aliphatic heterocycles. The molecule has 0 aromatic heterocycles. The van der Waals surface area contributed by atoms with E-state index in [2.05, 4.69) is 28.6 Å². The average Bonchev–Trinajstić information content (AvgIpc) is 2.70. The van der Waals surface area contributed by atoms with E-state index in [1.165, 1.54) is 6.92 Å². The maximum Gasteiger partial charge on any atom is 0.327 e. The molecular formula is C18H32N4O8S. The van der Waals surface area contributed by atoms with Gasteiger partial charge in [-0.15, -0.1) is 0 Å². The number of nitrogens with one attached hydrogen (secondary N) is 3. The SMILES string of the molecule is CCC(C)C(NC(=O)C(N)CCC(=O)O)C(=O)NC(C(=O)NC(CS)C(=O)O)C(C)O. The Morgan fingerprint density at radius 1 is 0.935 bits per heavy atom. The summed E-state index contributed by atoms with van der Waals surface area (Å²) >= 11 is 3.84. The van der Waals surface area contributed by atoms with Gasteiger partial charge in [0.05, 0.1) is 12.1 Å². The first-order valence-electron chi connectivity index (χ1n) is 9.75. The Hall–Kier alpha value is -2.38. The van der Waals surface area contributed by atoms with Crippen LogP contribution in [0.5, 0.6) is 0 Å². The van der Waals surface area contributed by atoms with E-state index < -0.39 is 65.8 Å². The molecule has 0 spiro atoms. The topological polar surface area (TPSA) is 208 Å². The molecule has 0 heterocycles. The van der Waals surface area contributed by atoms with Crippen molar-refractivity contribution in [1.82, 2.24) is 16.0 Å². The van der Waals surface area contributed by atoms with Crippen LogP contribution in [0.25, 0.3) is 0 Å². The number of rotatable bonds is 14. The lowest BCUT2D eigenvalue weighted by atomic mass is 9.97. The summed E-state index contributed by atoms with van der Waals surface area (Å²) in [5.41, 5.74) is 5.68. The van der Waals surface area contributed by atoms with Crippen molar-refractivity contribution < 1.29 is 39.3 Å². The second-order valence-electron chi connectivity index (χ2n) is 7.22. The summed E-state index contributed by atoms with van der Waals surface area (Å²) < 4.78 is 0. The van der Waals surface area contributed by atoms with Crippen molar-refractivity contribution in [1.29, 1.82) is 0 Å². The van der Waals surface area contributed by atoms with E-state index in [1.807, 2.05) is 0 Å². The van der Waals surface area contributed by atoms with Crippen LogP contribution in [0.1, 0.15) is 40.0 Å². The Morgan fingerprint density at radius 2 is 1.45 bits per heavy atom. The lowest BCUT2D eigenvalue weighted by Gasteiger charge is -2.28. The van der Waals surface area contributed by atoms with Gasteiger partial charge in [0.1, 0.15) is 18.1 Å². The van der Waals surface area contributed by atoms with Crippen molar-refractivity contribution in [2.75, 3.05) is 5.75 Å². The van der Waals surface area contributed by atoms with Gasteiger partial charge in [-0.3, -0.25) is 19.2 Å². The summed E-state index contributed by atoms with van der Waals surface area (Å²) in [6, 6.07) is -5.09. The second kappa shape index (κ2) is 13.8. The van der Waals surface area contributed by atoms with Gasteiger partial charge in [-0.25, -0.2) is 4.79 Å². The van der Waals surface area contributed by atoms with Crippen molar-refractivity contribution in [2.45, 2.75) is 70.3 Å². The Morgan fingerprint density at radius 3 is 1.87 bits per heavy atom. The van der Waals surface area contributed by atoms with Crippen molar-refractivity contribution in [3.8, 4) is 0 Å². The lowest BCUT2D eigenvalue weighted by Crippen LogP contribution is -2.61. The second-order valence-corrected chi connectivity index (χ2v) is 7.58. The van der Waals surface area contributed by atoms with Crippen LogP contribution in [0.2, 0.25) is 0 Å². The molecule has 0 aliphatic carbocycles. The van der Waals surface area contributed by atoms with Crippen LogP contribution in [0.15, 0.2) is 0 Å². The van der Waals surface area contributed by atoms with Crippen molar-refractivity contribution in [2.24, 2.45) is 11.7 Å². The van der Waals surface area contributed by atoms with Gasteiger partial charge in [-0.1, -0.05) is 20.3 Å². The highest BCUT2D eigenvalue weighted by Crippen LogP contribution is 2.10. The fraction of sp³-hybridized carbons (Fsp3) is 0.722. The van der Waals surface area contributed by atoms with Crippen molar-refractivity contribution in [3.05, 3.63) is 0 Å². The number of carboxylic acid groups (broad SMARTS) is 2. The zero-order chi connectivity index (χ0) is 24.3. The third-order valence-corrected chi connectivity index (χ3v) is 5.02. The molecule has 31 heavy (non-hydrogen) atoms. The number of amides is 3. The van der Waals surface area contributed by atoms with Gasteiger partial charge in [-0.05, 0) is 19.3 Å². The fourth-order valence-corrected chi connectivity index (χ4v) is 2.72. The zero-order valence-electron chi connectivity index (χ0n) is 17.7. The summed E-state index contributed by atoms with van der Waals surface area (Å²) in [7, 11) is 0. The van der Waals surface area contributed by atoms with Gasteiger partial charge < -0.3 is 37.0 Å². The highest BCUT2D eigenvalue weighted by molar-refractivity contribution is 7.80. The minimum atomic E-state index is -1.49. The van der Waals surface area contributed by atoms with Gasteiger partial charge in [0.2, 0.25) is 17.7 Å². The standard InChI is InChI=1S/C18H32N4O8S/c1-4-8(2)13(21-15(26)10(19)5-6-12(24)25)16(27)22-14(9(3)23)17(28)20-11(7-31)18(29)30/h8-11,13-14,23,31H,4-7,19H2,1-3H3,(H,20,28)(H,21,26)(H,22,27)(H,24,25)(H,29,30). The monoisotopic (exact) mass is 464 g/mol. The average molecular weight is 465 g/mol. The molecule has 0 saturated heterocycles. The molecule has 0 aromatic rings.